The second-order valence-corrected chi connectivity index (χ2v) is 7.06. The zero-order valence-electron chi connectivity index (χ0n) is 15.3. The molecule has 8 heteroatoms. The van der Waals surface area contributed by atoms with Crippen molar-refractivity contribution in [2.75, 3.05) is 24.6 Å². The van der Waals surface area contributed by atoms with Crippen molar-refractivity contribution in [2.45, 2.75) is 31.9 Å². The Labute approximate surface area is 157 Å². The predicted molar refractivity (Wildman–Crippen MR) is 98.2 cm³/mol. The molecule has 1 atom stereocenters. The summed E-state index contributed by atoms with van der Waals surface area (Å²) in [5.41, 5.74) is 2.99. The second-order valence-electron chi connectivity index (χ2n) is 7.06. The lowest BCUT2D eigenvalue weighted by Gasteiger charge is -2.35. The molecule has 0 aromatic carbocycles. The molecule has 0 bridgehead atoms. The SMILES string of the molecule is Cn1cnc(C(=O)NC2CCCN(c3nc4c(cc3C#N)COCC4)C2)c1. The molecule has 1 amide bonds. The molecule has 0 spiro atoms. The van der Waals surface area contributed by atoms with Crippen molar-refractivity contribution >= 4 is 11.7 Å². The van der Waals surface area contributed by atoms with Gasteiger partial charge in [-0.15, -0.1) is 0 Å². The standard InChI is InChI=1S/C19H22N6O2/c1-24-10-17(21-12-24)19(26)22-15-3-2-5-25(9-15)18-13(8-20)7-14-11-27-6-4-16(14)23-18/h7,10,12,15H,2-6,9,11H2,1H3,(H,22,26). The fourth-order valence-corrected chi connectivity index (χ4v) is 3.67. The number of nitrogens with one attached hydrogen (secondary N) is 1. The molecule has 2 aliphatic heterocycles. The van der Waals surface area contributed by atoms with Gasteiger partial charge in [0.1, 0.15) is 17.6 Å². The van der Waals surface area contributed by atoms with Gasteiger partial charge >= 0.3 is 0 Å². The summed E-state index contributed by atoms with van der Waals surface area (Å²) < 4.78 is 7.22. The van der Waals surface area contributed by atoms with Crippen molar-refractivity contribution in [3.8, 4) is 6.07 Å². The van der Waals surface area contributed by atoms with Gasteiger partial charge in [0.05, 0.1) is 30.8 Å². The van der Waals surface area contributed by atoms with Gasteiger partial charge in [-0.3, -0.25) is 4.79 Å². The zero-order chi connectivity index (χ0) is 18.8. The third-order valence-electron chi connectivity index (χ3n) is 5.03. The van der Waals surface area contributed by atoms with Crippen LogP contribution in [0.3, 0.4) is 0 Å². The van der Waals surface area contributed by atoms with E-state index >= 15 is 0 Å². The maximum absolute atomic E-state index is 12.4. The summed E-state index contributed by atoms with van der Waals surface area (Å²) in [6.45, 7) is 2.64. The van der Waals surface area contributed by atoms with Gasteiger partial charge in [0.25, 0.3) is 5.91 Å². The normalized spacial score (nSPS) is 19.3. The Hall–Kier alpha value is -2.92. The minimum atomic E-state index is -0.168. The number of rotatable bonds is 3. The number of nitrogens with zero attached hydrogens (tertiary/aromatic N) is 5. The summed E-state index contributed by atoms with van der Waals surface area (Å²) in [4.78, 5) is 23.4. The maximum Gasteiger partial charge on any atom is 0.271 e. The highest BCUT2D eigenvalue weighted by atomic mass is 16.5. The monoisotopic (exact) mass is 366 g/mol. The maximum atomic E-state index is 12.4. The number of amides is 1. The van der Waals surface area contributed by atoms with Crippen LogP contribution in [0.25, 0.3) is 0 Å². The number of hydrogen-bond donors (Lipinski definition) is 1. The molecule has 1 unspecified atom stereocenters. The van der Waals surface area contributed by atoms with E-state index in [1.807, 2.05) is 13.1 Å². The molecule has 2 aliphatic rings. The number of nitriles is 1. The van der Waals surface area contributed by atoms with Crippen LogP contribution >= 0.6 is 0 Å². The molecule has 0 radical (unpaired) electrons. The minimum absolute atomic E-state index is 0.000893. The first-order valence-corrected chi connectivity index (χ1v) is 9.18. The number of aromatic nitrogens is 3. The lowest BCUT2D eigenvalue weighted by Crippen LogP contribution is -2.48. The molecule has 27 heavy (non-hydrogen) atoms. The van der Waals surface area contributed by atoms with E-state index in [9.17, 15) is 10.1 Å². The molecular weight excluding hydrogens is 344 g/mol. The number of anilines is 1. The zero-order valence-corrected chi connectivity index (χ0v) is 15.3. The largest absolute Gasteiger partial charge is 0.376 e. The van der Waals surface area contributed by atoms with Crippen LogP contribution < -0.4 is 10.2 Å². The fraction of sp³-hybridized carbons (Fsp3) is 0.474. The molecule has 2 aromatic rings. The van der Waals surface area contributed by atoms with E-state index < -0.39 is 0 Å². The Morgan fingerprint density at radius 3 is 3.15 bits per heavy atom. The van der Waals surface area contributed by atoms with Crippen LogP contribution in [0.5, 0.6) is 0 Å². The number of ether oxygens (including phenoxy) is 1. The summed E-state index contributed by atoms with van der Waals surface area (Å²) in [7, 11) is 1.84. The number of aryl methyl sites for hydroxylation is 1. The molecule has 2 aromatic heterocycles. The summed E-state index contributed by atoms with van der Waals surface area (Å²) in [5, 5.41) is 12.6. The first-order valence-electron chi connectivity index (χ1n) is 9.18. The first-order chi connectivity index (χ1) is 13.1. The molecule has 0 saturated carbocycles. The van der Waals surface area contributed by atoms with Crippen LogP contribution in [0.4, 0.5) is 5.82 Å². The van der Waals surface area contributed by atoms with Crippen molar-refractivity contribution in [1.29, 1.82) is 5.26 Å². The number of carbonyl (C=O) groups excluding carboxylic acids is 1. The van der Waals surface area contributed by atoms with Crippen LogP contribution in [0, 0.1) is 11.3 Å². The Morgan fingerprint density at radius 1 is 1.48 bits per heavy atom. The van der Waals surface area contributed by atoms with E-state index in [0.717, 1.165) is 42.9 Å². The van der Waals surface area contributed by atoms with Gasteiger partial charge in [-0.25, -0.2) is 9.97 Å². The number of carbonyl (C=O) groups is 1. The van der Waals surface area contributed by atoms with Crippen LogP contribution in [-0.4, -0.2) is 46.2 Å². The second kappa shape index (κ2) is 7.37. The van der Waals surface area contributed by atoms with Gasteiger partial charge in [0.15, 0.2) is 0 Å². The smallest absolute Gasteiger partial charge is 0.271 e. The van der Waals surface area contributed by atoms with Crippen LogP contribution in [0.15, 0.2) is 18.6 Å². The van der Waals surface area contributed by atoms with Crippen molar-refractivity contribution in [3.05, 3.63) is 41.1 Å². The topological polar surface area (TPSA) is 96.1 Å². The Balaban J connectivity index is 1.51. The molecular formula is C19H22N6O2. The molecule has 4 rings (SSSR count). The first kappa shape index (κ1) is 17.5. The molecule has 1 fully saturated rings. The van der Waals surface area contributed by atoms with Crippen LogP contribution in [-0.2, 0) is 24.8 Å². The van der Waals surface area contributed by atoms with E-state index in [1.54, 1.807) is 17.1 Å². The van der Waals surface area contributed by atoms with E-state index in [0.29, 0.717) is 31.0 Å². The number of pyridine rings is 1. The molecule has 8 nitrogen and oxygen atoms in total. The number of hydrogen-bond acceptors (Lipinski definition) is 6. The highest BCUT2D eigenvalue weighted by Gasteiger charge is 2.26. The Morgan fingerprint density at radius 2 is 2.37 bits per heavy atom. The van der Waals surface area contributed by atoms with Gasteiger partial charge in [-0.05, 0) is 18.9 Å². The van der Waals surface area contributed by atoms with Gasteiger partial charge in [-0.1, -0.05) is 0 Å². The highest BCUT2D eigenvalue weighted by molar-refractivity contribution is 5.92. The summed E-state index contributed by atoms with van der Waals surface area (Å²) in [6.07, 6.45) is 5.91. The molecule has 1 saturated heterocycles. The molecule has 0 aliphatic carbocycles. The third-order valence-corrected chi connectivity index (χ3v) is 5.03. The van der Waals surface area contributed by atoms with E-state index in [-0.39, 0.29) is 11.9 Å². The highest BCUT2D eigenvalue weighted by Crippen LogP contribution is 2.26. The fourth-order valence-electron chi connectivity index (χ4n) is 3.67. The van der Waals surface area contributed by atoms with E-state index in [1.165, 1.54) is 0 Å². The van der Waals surface area contributed by atoms with Crippen molar-refractivity contribution in [1.82, 2.24) is 19.9 Å². The van der Waals surface area contributed by atoms with Gasteiger partial charge in [0.2, 0.25) is 0 Å². The summed E-state index contributed by atoms with van der Waals surface area (Å²) >= 11 is 0. The lowest BCUT2D eigenvalue weighted by molar-refractivity contribution is 0.0928. The number of imidazole rings is 1. The Kier molecular flexibility index (Phi) is 4.77. The summed E-state index contributed by atoms with van der Waals surface area (Å²) in [6, 6.07) is 4.16. The molecule has 4 heterocycles. The summed E-state index contributed by atoms with van der Waals surface area (Å²) in [5.74, 6) is 0.549. The van der Waals surface area contributed by atoms with Gasteiger partial charge in [-0.2, -0.15) is 5.26 Å². The third kappa shape index (κ3) is 3.64. The minimum Gasteiger partial charge on any atom is -0.376 e. The number of fused-ring (bicyclic) bond motifs is 1. The quantitative estimate of drug-likeness (QED) is 0.876. The van der Waals surface area contributed by atoms with Crippen molar-refractivity contribution in [2.24, 2.45) is 7.05 Å². The van der Waals surface area contributed by atoms with E-state index in [4.69, 9.17) is 9.72 Å². The molecule has 1 N–H and O–H groups in total. The average molecular weight is 366 g/mol. The van der Waals surface area contributed by atoms with Crippen molar-refractivity contribution in [3.63, 3.8) is 0 Å². The van der Waals surface area contributed by atoms with Crippen LogP contribution in [0.2, 0.25) is 0 Å². The molecule has 140 valence electrons. The Bertz CT molecular complexity index is 900. The van der Waals surface area contributed by atoms with Gasteiger partial charge < -0.3 is 19.5 Å². The van der Waals surface area contributed by atoms with Gasteiger partial charge in [0, 0.05) is 44.4 Å². The number of piperidine rings is 1. The lowest BCUT2D eigenvalue weighted by atomic mass is 10.0. The predicted octanol–water partition coefficient (Wildman–Crippen LogP) is 1.16. The van der Waals surface area contributed by atoms with Crippen LogP contribution in [0.1, 0.15) is 40.2 Å². The van der Waals surface area contributed by atoms with Crippen molar-refractivity contribution < 1.29 is 9.53 Å². The van der Waals surface area contributed by atoms with E-state index in [2.05, 4.69) is 21.3 Å². The average Bonchev–Trinajstić information content (AvgIpc) is 3.13.